The highest BCUT2D eigenvalue weighted by atomic mass is 16.4. The summed E-state index contributed by atoms with van der Waals surface area (Å²) in [7, 11) is 0. The molecule has 0 fully saturated rings. The highest BCUT2D eigenvalue weighted by Gasteiger charge is 2.43. The molecule has 0 saturated heterocycles. The number of fused-ring (bicyclic) bond motifs is 1. The Balaban J connectivity index is 2.09. The number of aliphatic carboxylic acids is 1. The van der Waals surface area contributed by atoms with Gasteiger partial charge >= 0.3 is 5.97 Å². The molecule has 1 unspecified atom stereocenters. The van der Waals surface area contributed by atoms with Crippen LogP contribution in [-0.2, 0) is 4.79 Å². The second-order valence-electron chi connectivity index (χ2n) is 4.68. The molecule has 2 aromatic carbocycles. The minimum atomic E-state index is -1.32. The minimum Gasteiger partial charge on any atom is -0.479 e. The zero-order valence-corrected chi connectivity index (χ0v) is 10.9. The van der Waals surface area contributed by atoms with Crippen LogP contribution in [-0.4, -0.2) is 27.8 Å². The van der Waals surface area contributed by atoms with Crippen LogP contribution in [0.15, 0.2) is 54.6 Å². The van der Waals surface area contributed by atoms with Crippen LogP contribution in [0.3, 0.4) is 0 Å². The molecule has 1 atom stereocenters. The molecule has 0 spiro atoms. The van der Waals surface area contributed by atoms with Crippen LogP contribution in [0, 0.1) is 0 Å². The minimum absolute atomic E-state index is 0.240. The number of carbonyl (C=O) groups is 3. The zero-order valence-electron chi connectivity index (χ0n) is 10.9. The van der Waals surface area contributed by atoms with Gasteiger partial charge < -0.3 is 5.11 Å². The van der Waals surface area contributed by atoms with Crippen molar-refractivity contribution in [2.75, 3.05) is 0 Å². The van der Waals surface area contributed by atoms with Crippen LogP contribution < -0.4 is 0 Å². The molecule has 5 nitrogen and oxygen atoms in total. The first-order chi connectivity index (χ1) is 10.1. The van der Waals surface area contributed by atoms with E-state index < -0.39 is 23.8 Å². The van der Waals surface area contributed by atoms with Crippen molar-refractivity contribution >= 4 is 17.8 Å². The Hall–Kier alpha value is -2.95. The van der Waals surface area contributed by atoms with Gasteiger partial charge in [-0.3, -0.25) is 14.5 Å². The van der Waals surface area contributed by atoms with Gasteiger partial charge in [-0.05, 0) is 17.7 Å². The smallest absolute Gasteiger partial charge is 0.331 e. The van der Waals surface area contributed by atoms with Gasteiger partial charge in [-0.2, -0.15) is 0 Å². The largest absolute Gasteiger partial charge is 0.479 e. The van der Waals surface area contributed by atoms with E-state index in [2.05, 4.69) is 0 Å². The van der Waals surface area contributed by atoms with Gasteiger partial charge in [0, 0.05) is 0 Å². The first kappa shape index (κ1) is 13.1. The standard InChI is InChI=1S/C16H11NO4/c18-14-11-8-4-5-9-12(11)15(19)17(14)13(16(20)21)10-6-2-1-3-7-10/h1-9,13H,(H,20,21). The molecule has 0 aromatic heterocycles. The summed E-state index contributed by atoms with van der Waals surface area (Å²) in [5.74, 6) is -2.39. The van der Waals surface area contributed by atoms with Crippen molar-refractivity contribution in [2.45, 2.75) is 6.04 Å². The Morgan fingerprint density at radius 3 is 1.81 bits per heavy atom. The number of carbonyl (C=O) groups excluding carboxylic acids is 2. The fraction of sp³-hybridized carbons (Fsp3) is 0.0625. The molecule has 0 aliphatic carbocycles. The van der Waals surface area contributed by atoms with Gasteiger partial charge in [0.25, 0.3) is 11.8 Å². The van der Waals surface area contributed by atoms with Crippen molar-refractivity contribution in [1.82, 2.24) is 4.90 Å². The van der Waals surface area contributed by atoms with Crippen molar-refractivity contribution in [1.29, 1.82) is 0 Å². The maximum atomic E-state index is 12.4. The molecule has 5 heteroatoms. The molecular weight excluding hydrogens is 270 g/mol. The van der Waals surface area contributed by atoms with Crippen LogP contribution >= 0.6 is 0 Å². The van der Waals surface area contributed by atoms with Crippen LogP contribution in [0.2, 0.25) is 0 Å². The molecule has 21 heavy (non-hydrogen) atoms. The number of hydrogen-bond donors (Lipinski definition) is 1. The van der Waals surface area contributed by atoms with Crippen molar-refractivity contribution in [3.8, 4) is 0 Å². The summed E-state index contributed by atoms with van der Waals surface area (Å²) in [6, 6.07) is 13.3. The predicted octanol–water partition coefficient (Wildman–Crippen LogP) is 2.11. The lowest BCUT2D eigenvalue weighted by molar-refractivity contribution is -0.141. The molecule has 1 heterocycles. The van der Waals surface area contributed by atoms with Gasteiger partial charge in [-0.15, -0.1) is 0 Å². The van der Waals surface area contributed by atoms with Crippen LogP contribution in [0.5, 0.6) is 0 Å². The number of carboxylic acid groups (broad SMARTS) is 1. The van der Waals surface area contributed by atoms with Gasteiger partial charge in [-0.1, -0.05) is 42.5 Å². The monoisotopic (exact) mass is 281 g/mol. The van der Waals surface area contributed by atoms with Gasteiger partial charge in [0.15, 0.2) is 6.04 Å². The number of imide groups is 1. The number of amides is 2. The average Bonchev–Trinajstić information content (AvgIpc) is 2.74. The Kier molecular flexibility index (Phi) is 3.02. The predicted molar refractivity (Wildman–Crippen MR) is 73.8 cm³/mol. The number of benzene rings is 2. The molecule has 2 aromatic rings. The van der Waals surface area contributed by atoms with E-state index in [0.29, 0.717) is 5.56 Å². The Labute approximate surface area is 120 Å². The van der Waals surface area contributed by atoms with Crippen molar-refractivity contribution < 1.29 is 19.5 Å². The van der Waals surface area contributed by atoms with E-state index in [1.807, 2.05) is 0 Å². The zero-order chi connectivity index (χ0) is 15.0. The quantitative estimate of drug-likeness (QED) is 0.874. The lowest BCUT2D eigenvalue weighted by Gasteiger charge is -2.22. The molecule has 3 rings (SSSR count). The Morgan fingerprint density at radius 2 is 1.33 bits per heavy atom. The van der Waals surface area contributed by atoms with E-state index in [1.54, 1.807) is 42.5 Å². The fourth-order valence-corrected chi connectivity index (χ4v) is 2.48. The number of carboxylic acids is 1. The second-order valence-corrected chi connectivity index (χ2v) is 4.68. The molecular formula is C16H11NO4. The summed E-state index contributed by atoms with van der Waals surface area (Å²) in [6.07, 6.45) is 0. The molecule has 0 saturated carbocycles. The third-order valence-corrected chi connectivity index (χ3v) is 3.43. The Bertz CT molecular complexity index is 704. The van der Waals surface area contributed by atoms with Crippen molar-refractivity contribution in [3.63, 3.8) is 0 Å². The van der Waals surface area contributed by atoms with Crippen LogP contribution in [0.1, 0.15) is 32.3 Å². The number of rotatable bonds is 3. The topological polar surface area (TPSA) is 74.7 Å². The van der Waals surface area contributed by atoms with E-state index >= 15 is 0 Å². The van der Waals surface area contributed by atoms with Gasteiger partial charge in [0.1, 0.15) is 0 Å². The molecule has 2 amide bonds. The van der Waals surface area contributed by atoms with E-state index in [1.165, 1.54) is 12.1 Å². The average molecular weight is 281 g/mol. The highest BCUT2D eigenvalue weighted by molar-refractivity contribution is 6.22. The van der Waals surface area contributed by atoms with E-state index in [-0.39, 0.29) is 11.1 Å². The molecule has 1 aliphatic rings. The van der Waals surface area contributed by atoms with Crippen molar-refractivity contribution in [3.05, 3.63) is 71.3 Å². The third kappa shape index (κ3) is 1.99. The number of hydrogen-bond acceptors (Lipinski definition) is 3. The van der Waals surface area contributed by atoms with Crippen molar-refractivity contribution in [2.24, 2.45) is 0 Å². The van der Waals surface area contributed by atoms with Gasteiger partial charge in [0.2, 0.25) is 0 Å². The molecule has 1 N–H and O–H groups in total. The summed E-state index contributed by atoms with van der Waals surface area (Å²) < 4.78 is 0. The van der Waals surface area contributed by atoms with Crippen LogP contribution in [0.25, 0.3) is 0 Å². The lowest BCUT2D eigenvalue weighted by Crippen LogP contribution is -2.38. The van der Waals surface area contributed by atoms with E-state index in [0.717, 1.165) is 4.90 Å². The summed E-state index contributed by atoms with van der Waals surface area (Å²) in [6.45, 7) is 0. The fourth-order valence-electron chi connectivity index (χ4n) is 2.48. The number of nitrogens with zero attached hydrogens (tertiary/aromatic N) is 1. The highest BCUT2D eigenvalue weighted by Crippen LogP contribution is 2.31. The summed E-state index contributed by atoms with van der Waals surface area (Å²) in [5, 5.41) is 9.46. The van der Waals surface area contributed by atoms with Crippen LogP contribution in [0.4, 0.5) is 0 Å². The maximum Gasteiger partial charge on any atom is 0.331 e. The molecule has 0 radical (unpaired) electrons. The SMILES string of the molecule is O=C(O)C(c1ccccc1)N1C(=O)c2ccccc2C1=O. The molecule has 1 aliphatic heterocycles. The summed E-state index contributed by atoms with van der Waals surface area (Å²) in [4.78, 5) is 37.1. The lowest BCUT2D eigenvalue weighted by atomic mass is 10.1. The van der Waals surface area contributed by atoms with E-state index in [4.69, 9.17) is 0 Å². The summed E-state index contributed by atoms with van der Waals surface area (Å²) in [5.41, 5.74) is 0.869. The normalized spacial score (nSPS) is 15.0. The molecule has 104 valence electrons. The first-order valence-electron chi connectivity index (χ1n) is 6.36. The second kappa shape index (κ2) is 4.86. The van der Waals surface area contributed by atoms with E-state index in [9.17, 15) is 19.5 Å². The maximum absolute atomic E-state index is 12.4. The van der Waals surface area contributed by atoms with Gasteiger partial charge in [0.05, 0.1) is 11.1 Å². The first-order valence-corrected chi connectivity index (χ1v) is 6.36. The molecule has 0 bridgehead atoms. The Morgan fingerprint density at radius 1 is 0.857 bits per heavy atom. The van der Waals surface area contributed by atoms with Gasteiger partial charge in [-0.25, -0.2) is 4.79 Å². The summed E-state index contributed by atoms with van der Waals surface area (Å²) >= 11 is 0. The third-order valence-electron chi connectivity index (χ3n) is 3.43.